The number of aromatic hydroxyl groups is 1. The van der Waals surface area contributed by atoms with E-state index in [0.717, 1.165) is 17.8 Å². The summed E-state index contributed by atoms with van der Waals surface area (Å²) in [5.41, 5.74) is 16.1. The zero-order valence-corrected chi connectivity index (χ0v) is 77.2. The molecule has 26 N–H and O–H groups in total. The highest BCUT2D eigenvalue weighted by atomic mass is 16.4. The Bertz CT molecular complexity index is 5270. The number of para-hydroxylation sites is 2. The van der Waals surface area contributed by atoms with Crippen molar-refractivity contribution in [2.45, 2.75) is 242 Å². The number of benzene rings is 5. The summed E-state index contributed by atoms with van der Waals surface area (Å²) >= 11 is 0. The Hall–Kier alpha value is -13.7. The minimum atomic E-state index is -2.14. The Morgan fingerprint density at radius 3 is 1.24 bits per heavy atom. The second-order valence-corrected chi connectivity index (χ2v) is 35.3. The van der Waals surface area contributed by atoms with Gasteiger partial charge in [-0.1, -0.05) is 151 Å². The van der Waals surface area contributed by atoms with Crippen molar-refractivity contribution >= 4 is 116 Å². The molecule has 14 amide bonds. The number of phenolic OH excluding ortho intramolecular Hbond substituents is 1. The first-order chi connectivity index (χ1) is 64.7. The van der Waals surface area contributed by atoms with Crippen molar-refractivity contribution in [3.63, 3.8) is 0 Å². The fourth-order valence-corrected chi connectivity index (χ4v) is 15.8. The molecular weight excluding hydrogens is 1760 g/mol. The van der Waals surface area contributed by atoms with Crippen LogP contribution in [0.4, 0.5) is 0 Å². The van der Waals surface area contributed by atoms with Gasteiger partial charge in [-0.15, -0.1) is 0 Å². The van der Waals surface area contributed by atoms with Crippen LogP contribution < -0.4 is 80.6 Å². The molecular formula is C95H128N18O23. The lowest BCUT2D eigenvalue weighted by molar-refractivity contribution is -0.146. The van der Waals surface area contributed by atoms with Gasteiger partial charge in [0.25, 0.3) is 0 Å². The van der Waals surface area contributed by atoms with Crippen molar-refractivity contribution in [2.24, 2.45) is 29.2 Å². The lowest BCUT2D eigenvalue weighted by atomic mass is 9.99. The van der Waals surface area contributed by atoms with Crippen LogP contribution in [-0.4, -0.2) is 274 Å². The molecule has 0 unspecified atom stereocenters. The molecule has 1 aliphatic rings. The summed E-state index contributed by atoms with van der Waals surface area (Å²) in [6, 6.07) is 12.1. The number of nitrogens with zero attached hydrogens (tertiary/aromatic N) is 1. The fraction of sp³-hybridized carbons (Fsp3) is 0.474. The van der Waals surface area contributed by atoms with Gasteiger partial charge in [0.2, 0.25) is 82.7 Å². The number of aliphatic hydroxyl groups is 4. The van der Waals surface area contributed by atoms with Crippen molar-refractivity contribution in [3.05, 3.63) is 174 Å². The van der Waals surface area contributed by atoms with Gasteiger partial charge in [0, 0.05) is 66.4 Å². The van der Waals surface area contributed by atoms with E-state index in [2.05, 4.69) is 79.1 Å². The van der Waals surface area contributed by atoms with E-state index in [4.69, 9.17) is 11.5 Å². The number of likely N-dealkylation sites (tertiary alicyclic amines) is 1. The minimum Gasteiger partial charge on any atom is -0.508 e. The van der Waals surface area contributed by atoms with Crippen LogP contribution in [0.2, 0.25) is 0 Å². The number of aromatic nitrogens is 2. The first kappa shape index (κ1) is 108. The van der Waals surface area contributed by atoms with Crippen LogP contribution in [0, 0.1) is 17.8 Å². The summed E-state index contributed by atoms with van der Waals surface area (Å²) < 4.78 is 0. The number of carbonyl (C=O) groups excluding carboxylic acids is 14. The number of phenols is 1. The highest BCUT2D eigenvalue weighted by molar-refractivity contribution is 6.02. The Morgan fingerprint density at radius 2 is 0.779 bits per heavy atom. The molecule has 0 bridgehead atoms. The number of aromatic amines is 2. The quantitative estimate of drug-likeness (QED) is 0.0196. The molecule has 1 fully saturated rings. The molecule has 0 spiro atoms. The average molecular weight is 1890 g/mol. The Kier molecular flexibility index (Phi) is 41.3. The molecule has 3 heterocycles. The number of carbonyl (C=O) groups is 16. The third-order valence-electron chi connectivity index (χ3n) is 23.1. The summed E-state index contributed by atoms with van der Waals surface area (Å²) in [6.07, 6.45) is -2.00. The molecule has 17 atom stereocenters. The van der Waals surface area contributed by atoms with E-state index < -0.39 is 223 Å². The first-order valence-electron chi connectivity index (χ1n) is 45.4. The number of aliphatic carboxylic acids is 2. The van der Waals surface area contributed by atoms with E-state index in [1.54, 1.807) is 125 Å². The van der Waals surface area contributed by atoms with Crippen LogP contribution in [0.3, 0.4) is 0 Å². The maximum atomic E-state index is 15.2. The first-order valence-corrected chi connectivity index (χ1v) is 45.4. The van der Waals surface area contributed by atoms with Crippen molar-refractivity contribution in [1.29, 1.82) is 0 Å². The normalized spacial score (nSPS) is 16.1. The van der Waals surface area contributed by atoms with Crippen molar-refractivity contribution in [3.8, 4) is 5.75 Å². The summed E-state index contributed by atoms with van der Waals surface area (Å²) in [5.74, 6) is -18.7. The van der Waals surface area contributed by atoms with Crippen LogP contribution in [-0.2, 0) is 109 Å². The van der Waals surface area contributed by atoms with E-state index in [0.29, 0.717) is 45.1 Å². The highest BCUT2D eigenvalue weighted by Crippen LogP contribution is 2.25. The summed E-state index contributed by atoms with van der Waals surface area (Å²) in [5, 5.41) is 108. The molecule has 41 heteroatoms. The maximum Gasteiger partial charge on any atom is 0.326 e. The van der Waals surface area contributed by atoms with E-state index in [1.165, 1.54) is 42.3 Å². The van der Waals surface area contributed by atoms with Crippen LogP contribution in [0.15, 0.2) is 146 Å². The molecule has 0 radical (unpaired) electrons. The highest BCUT2D eigenvalue weighted by Gasteiger charge is 2.43. The molecule has 1 saturated heterocycles. The molecule has 0 saturated carbocycles. The molecule has 0 aliphatic carbocycles. The number of amides is 14. The number of nitrogens with one attached hydrogen (secondary N) is 15. The molecule has 736 valence electrons. The third-order valence-corrected chi connectivity index (χ3v) is 23.1. The van der Waals surface area contributed by atoms with Gasteiger partial charge in [-0.2, -0.15) is 0 Å². The molecule has 8 rings (SSSR count). The predicted molar refractivity (Wildman–Crippen MR) is 498 cm³/mol. The molecule has 41 nitrogen and oxygen atoms in total. The van der Waals surface area contributed by atoms with Gasteiger partial charge >= 0.3 is 11.9 Å². The van der Waals surface area contributed by atoms with E-state index >= 15 is 9.59 Å². The summed E-state index contributed by atoms with van der Waals surface area (Å²) in [6.45, 7) is 10.4. The number of carboxylic acids is 2. The number of rotatable bonds is 53. The third kappa shape index (κ3) is 32.0. The number of hydrogen-bond acceptors (Lipinski definition) is 23. The lowest BCUT2D eigenvalue weighted by Gasteiger charge is -2.32. The largest absolute Gasteiger partial charge is 0.508 e. The van der Waals surface area contributed by atoms with Gasteiger partial charge in [0.05, 0.1) is 37.9 Å². The zero-order chi connectivity index (χ0) is 99.7. The van der Waals surface area contributed by atoms with Crippen LogP contribution >= 0.6 is 0 Å². The second kappa shape index (κ2) is 52.2. The number of nitrogens with two attached hydrogens (primary N) is 2. The maximum absolute atomic E-state index is 15.2. The number of fused-ring (bicyclic) bond motifs is 2. The fourth-order valence-electron chi connectivity index (χ4n) is 15.8. The van der Waals surface area contributed by atoms with Crippen LogP contribution in [0.5, 0.6) is 5.75 Å². The average Bonchev–Trinajstić information content (AvgIpc) is 1.69. The van der Waals surface area contributed by atoms with Gasteiger partial charge in [0.15, 0.2) is 0 Å². The van der Waals surface area contributed by atoms with E-state index in [1.807, 2.05) is 32.0 Å². The van der Waals surface area contributed by atoms with Gasteiger partial charge in [0.1, 0.15) is 90.3 Å². The smallest absolute Gasteiger partial charge is 0.326 e. The number of unbranched alkanes of at least 4 members (excludes halogenated alkanes) is 1. The molecule has 1 aliphatic heterocycles. The number of aliphatic hydroxyl groups excluding tert-OH is 4. The Morgan fingerprint density at radius 1 is 0.404 bits per heavy atom. The second-order valence-electron chi connectivity index (χ2n) is 35.3. The monoisotopic (exact) mass is 1890 g/mol. The van der Waals surface area contributed by atoms with Crippen molar-refractivity contribution in [2.75, 3.05) is 26.3 Å². The molecule has 5 aromatic carbocycles. The van der Waals surface area contributed by atoms with Gasteiger partial charge < -0.3 is 131 Å². The van der Waals surface area contributed by atoms with E-state index in [9.17, 15) is 103 Å². The number of H-pyrrole nitrogens is 2. The number of carboxylic acid groups (broad SMARTS) is 2. The van der Waals surface area contributed by atoms with Crippen molar-refractivity contribution in [1.82, 2.24) is 84.0 Å². The number of hydrogen-bond donors (Lipinski definition) is 24. The zero-order valence-electron chi connectivity index (χ0n) is 77.2. The topological polar surface area (TPSA) is 658 Å². The van der Waals surface area contributed by atoms with E-state index in [-0.39, 0.29) is 101 Å². The van der Waals surface area contributed by atoms with Crippen LogP contribution in [0.25, 0.3) is 21.8 Å². The molecule has 2 aromatic heterocycles. The lowest BCUT2D eigenvalue weighted by Crippen LogP contribution is -2.63. The Labute approximate surface area is 785 Å². The summed E-state index contributed by atoms with van der Waals surface area (Å²) in [7, 11) is 0. The Balaban J connectivity index is 0.972. The molecule has 7 aromatic rings. The minimum absolute atomic E-state index is 0.0280. The standard InChI is InChI=1S/C95H128N18O23/c1-50(2)38-67(83(123)102-69(40-55-22-11-9-12-23-55)84(124)107-73(39-51(3)4)94(134)113-37-21-31-76(113)91(131)110-78(52(5)6)95(135)136)106-92(132)79(53(7)116)111-87(127)70(41-56-24-13-10-14-25-56)103-86(126)71(44-59-47-99-65-29-18-16-27-62(59)65)104-90(130)75(49-115)109-93(133)80(54(8)117)112-88(128)72(45-77(119)120)105-82(122)66(30-19-20-36-96)100-89(129)74(48-114)108-85(125)68(42-57-32-34-60(118)35-33-57)101-81(121)63(97)43-58-46-98-64-28-17-15-26-61(58)64/h9-18,22-29,32-35,46-47,50-54,63,66-76,78-80,98-99,114-118H,19-21,30-31,36-45,48-49,96-97H2,1-8H3,(H,100,129)(H,101,121)(H,102,123)(H,103,126)(H,104,130)(H,105,122)(H,106,132)(H,107,124)(H,108,125)(H,109,133)(H,110,131)(H,111,127)(H,112,128)(H,119,120)(H,135,136)/t53-,54-,63+,66+,67+,68+,69+,70+,71+,72+,73+,74+,75+,76+,78+,79+,80+/m1/s1. The summed E-state index contributed by atoms with van der Waals surface area (Å²) in [4.78, 5) is 235. The van der Waals surface area contributed by atoms with Crippen LogP contribution in [0.1, 0.15) is 135 Å². The predicted octanol–water partition coefficient (Wildman–Crippen LogP) is -1.33. The van der Waals surface area contributed by atoms with Gasteiger partial charge in [-0.05, 0) is 142 Å². The van der Waals surface area contributed by atoms with Crippen molar-refractivity contribution < 1.29 is 112 Å². The van der Waals surface area contributed by atoms with Gasteiger partial charge in [-0.3, -0.25) is 71.9 Å². The van der Waals surface area contributed by atoms with Gasteiger partial charge in [-0.25, -0.2) is 4.79 Å². The SMILES string of the molecule is CC(C)C[C@H](NC(=O)[C@@H](NC(=O)[C@H](Cc1ccccc1)NC(=O)[C@H](Cc1c[nH]c2ccccc12)NC(=O)[C@H](CO)NC(=O)[C@@H](NC(=O)[C@H](CC(=O)O)NC(=O)[C@H](CCCCN)NC(=O)[C@H](CO)NC(=O)[C@H](Cc1ccc(O)cc1)NC(=O)[C@@H](N)Cc1c[nH]c2ccccc12)[C@@H](C)O)[C@@H](C)O)C(=O)N[C@@H](Cc1ccccc1)C(=O)N[C@@H](CC(C)C)C(=O)N1CCC[C@H]1C(=O)N[C@H](C(=O)O)C(C)C. The molecule has 136 heavy (non-hydrogen) atoms.